The molecule has 64 heavy (non-hydrogen) atoms. The number of carbonyl (C=O) groups excluding carboxylic acids is 1. The molecule has 1 amide bonds. The van der Waals surface area contributed by atoms with E-state index < -0.39 is 20.0 Å². The van der Waals surface area contributed by atoms with Gasteiger partial charge in [-0.25, -0.2) is 0 Å². The molecule has 0 spiro atoms. The van der Waals surface area contributed by atoms with Gasteiger partial charge in [0.05, 0.1) is 39.9 Å². The molecule has 3 unspecified atom stereocenters. The molecule has 0 aromatic heterocycles. The highest BCUT2D eigenvalue weighted by Crippen LogP contribution is 2.38. The van der Waals surface area contributed by atoms with Crippen molar-refractivity contribution in [3.63, 3.8) is 0 Å². The molecular weight excluding hydrogens is 816 g/mol. The maximum atomic E-state index is 12.9. The number of quaternary nitrogens is 1. The molecule has 0 bridgehead atoms. The van der Waals surface area contributed by atoms with Crippen LogP contribution < -0.4 is 10.2 Å². The van der Waals surface area contributed by atoms with Gasteiger partial charge in [-0.05, 0) is 38.5 Å². The summed E-state index contributed by atoms with van der Waals surface area (Å²) < 4.78 is 23.4. The van der Waals surface area contributed by atoms with E-state index in [-0.39, 0.29) is 19.1 Å². The fraction of sp³-hybridized carbons (Fsp3) is 0.945. The van der Waals surface area contributed by atoms with E-state index in [1.165, 1.54) is 218 Å². The molecule has 3 atom stereocenters. The Morgan fingerprint density at radius 2 is 0.859 bits per heavy atom. The Labute approximate surface area is 399 Å². The smallest absolute Gasteiger partial charge is 0.268 e. The number of phosphoric acid groups is 1. The maximum absolute atomic E-state index is 12.9. The summed E-state index contributed by atoms with van der Waals surface area (Å²) in [6, 6.07) is -0.796. The number of aliphatic hydroxyl groups is 1. The third-order valence-corrected chi connectivity index (χ3v) is 14.0. The topological polar surface area (TPSA) is 108 Å². The molecule has 382 valence electrons. The van der Waals surface area contributed by atoms with Crippen LogP contribution in [0.4, 0.5) is 0 Å². The summed E-state index contributed by atoms with van der Waals surface area (Å²) in [7, 11) is 1.32. The molecule has 0 saturated heterocycles. The van der Waals surface area contributed by atoms with Gasteiger partial charge >= 0.3 is 0 Å². The first-order chi connectivity index (χ1) is 31.0. The number of hydrogen-bond donors (Lipinski definition) is 2. The van der Waals surface area contributed by atoms with Crippen LogP contribution in [0.2, 0.25) is 0 Å². The average molecular weight is 927 g/mol. The average Bonchev–Trinajstić information content (AvgIpc) is 3.25. The van der Waals surface area contributed by atoms with Gasteiger partial charge in [-0.1, -0.05) is 251 Å². The van der Waals surface area contributed by atoms with E-state index in [0.29, 0.717) is 23.9 Å². The van der Waals surface area contributed by atoms with E-state index in [0.717, 1.165) is 38.5 Å². The van der Waals surface area contributed by atoms with Gasteiger partial charge in [0.15, 0.2) is 0 Å². The fourth-order valence-corrected chi connectivity index (χ4v) is 9.29. The molecule has 0 rings (SSSR count). The Hall–Kier alpha value is -0.760. The zero-order valence-corrected chi connectivity index (χ0v) is 44.4. The van der Waals surface area contributed by atoms with E-state index in [9.17, 15) is 19.4 Å². The minimum Gasteiger partial charge on any atom is -0.756 e. The Kier molecular flexibility index (Phi) is 46.8. The van der Waals surface area contributed by atoms with E-state index in [1.54, 1.807) is 0 Å². The highest BCUT2D eigenvalue weighted by molar-refractivity contribution is 7.45. The largest absolute Gasteiger partial charge is 0.756 e. The number of likely N-dealkylation sites (N-methyl/N-ethyl adjacent to an activating group) is 1. The van der Waals surface area contributed by atoms with E-state index >= 15 is 0 Å². The second-order valence-corrected chi connectivity index (χ2v) is 22.1. The number of unbranched alkanes of at least 4 members (excludes halogenated alkanes) is 37. The molecule has 0 heterocycles. The van der Waals surface area contributed by atoms with Crippen molar-refractivity contribution in [1.29, 1.82) is 0 Å². The van der Waals surface area contributed by atoms with Gasteiger partial charge in [-0.3, -0.25) is 9.36 Å². The number of amides is 1. The van der Waals surface area contributed by atoms with Crippen LogP contribution in [0.1, 0.15) is 284 Å². The molecule has 0 aliphatic carbocycles. The predicted molar refractivity (Wildman–Crippen MR) is 275 cm³/mol. The Bertz CT molecular complexity index is 1050. The third-order valence-electron chi connectivity index (χ3n) is 13.0. The van der Waals surface area contributed by atoms with Crippen molar-refractivity contribution in [3.05, 3.63) is 12.2 Å². The van der Waals surface area contributed by atoms with Crippen LogP contribution in [0.25, 0.3) is 0 Å². The number of nitrogens with one attached hydrogen (secondary N) is 1. The number of carbonyl (C=O) groups is 1. The molecule has 2 N–H and O–H groups in total. The second-order valence-electron chi connectivity index (χ2n) is 20.6. The summed E-state index contributed by atoms with van der Waals surface area (Å²) in [6.07, 6.45) is 56.8. The van der Waals surface area contributed by atoms with Crippen LogP contribution in [-0.4, -0.2) is 68.5 Å². The summed E-state index contributed by atoms with van der Waals surface area (Å²) in [4.78, 5) is 25.5. The Balaban J connectivity index is 4.03. The number of rotatable bonds is 52. The Morgan fingerprint density at radius 3 is 1.22 bits per heavy atom. The lowest BCUT2D eigenvalue weighted by Crippen LogP contribution is -2.46. The highest BCUT2D eigenvalue weighted by atomic mass is 31.2. The van der Waals surface area contributed by atoms with Gasteiger partial charge in [0, 0.05) is 6.42 Å². The quantitative estimate of drug-likeness (QED) is 0.0272. The zero-order valence-electron chi connectivity index (χ0n) is 43.5. The normalized spacial score (nSPS) is 14.0. The van der Waals surface area contributed by atoms with Crippen molar-refractivity contribution >= 4 is 13.7 Å². The summed E-state index contributed by atoms with van der Waals surface area (Å²) >= 11 is 0. The molecule has 0 aliphatic rings. The van der Waals surface area contributed by atoms with Crippen molar-refractivity contribution in [3.8, 4) is 0 Å². The number of hydrogen-bond acceptors (Lipinski definition) is 6. The van der Waals surface area contributed by atoms with Crippen molar-refractivity contribution < 1.29 is 32.9 Å². The number of nitrogens with zero attached hydrogens (tertiary/aromatic N) is 1. The molecule has 0 fully saturated rings. The first-order valence-corrected chi connectivity index (χ1v) is 29.5. The first-order valence-electron chi connectivity index (χ1n) is 28.0. The standard InChI is InChI=1S/C55H111N2O6P/c1-6-8-10-12-14-16-18-20-21-22-23-24-25-26-27-28-29-30-31-32-33-34-35-37-39-41-43-45-47-49-55(59)56-53(52-63-64(60,61)62-51-50-57(3,4)5)54(58)48-46-44-42-40-38-36-19-17-15-13-11-9-7-2/h26-27,53-54,58H,6-25,28-52H2,1-5H3,(H-,56,59,60,61)/b27-26-. The van der Waals surface area contributed by atoms with Gasteiger partial charge in [0.1, 0.15) is 13.2 Å². The van der Waals surface area contributed by atoms with Gasteiger partial charge < -0.3 is 28.8 Å². The summed E-state index contributed by atoms with van der Waals surface area (Å²) in [5, 5.41) is 14.0. The van der Waals surface area contributed by atoms with Crippen LogP contribution in [0.5, 0.6) is 0 Å². The van der Waals surface area contributed by atoms with Crippen LogP contribution in [-0.2, 0) is 18.4 Å². The molecular formula is C55H111N2O6P. The van der Waals surface area contributed by atoms with Crippen molar-refractivity contribution in [1.82, 2.24) is 5.32 Å². The lowest BCUT2D eigenvalue weighted by atomic mass is 10.0. The summed E-state index contributed by atoms with van der Waals surface area (Å²) in [5.74, 6) is -0.161. The predicted octanol–water partition coefficient (Wildman–Crippen LogP) is 16.0. The summed E-state index contributed by atoms with van der Waals surface area (Å²) in [5.41, 5.74) is 0. The van der Waals surface area contributed by atoms with Crippen LogP contribution in [0, 0.1) is 0 Å². The van der Waals surface area contributed by atoms with E-state index in [2.05, 4.69) is 31.3 Å². The maximum Gasteiger partial charge on any atom is 0.268 e. The fourth-order valence-electron chi connectivity index (χ4n) is 8.57. The molecule has 0 aromatic carbocycles. The van der Waals surface area contributed by atoms with Crippen LogP contribution >= 0.6 is 7.82 Å². The van der Waals surface area contributed by atoms with Crippen molar-refractivity contribution in [2.24, 2.45) is 0 Å². The lowest BCUT2D eigenvalue weighted by molar-refractivity contribution is -0.870. The number of allylic oxidation sites excluding steroid dienone is 2. The minimum absolute atomic E-state index is 0.0147. The highest BCUT2D eigenvalue weighted by Gasteiger charge is 2.24. The molecule has 0 radical (unpaired) electrons. The number of aliphatic hydroxyl groups excluding tert-OH is 1. The molecule has 0 aliphatic heterocycles. The van der Waals surface area contributed by atoms with Crippen LogP contribution in [0.3, 0.4) is 0 Å². The molecule has 0 aromatic rings. The van der Waals surface area contributed by atoms with Crippen molar-refractivity contribution in [2.75, 3.05) is 40.9 Å². The molecule has 8 nitrogen and oxygen atoms in total. The monoisotopic (exact) mass is 927 g/mol. The summed E-state index contributed by atoms with van der Waals surface area (Å²) in [6.45, 7) is 4.75. The first kappa shape index (κ1) is 63.2. The lowest BCUT2D eigenvalue weighted by Gasteiger charge is -2.30. The minimum atomic E-state index is -4.56. The Morgan fingerprint density at radius 1 is 0.531 bits per heavy atom. The molecule has 9 heteroatoms. The number of phosphoric ester groups is 1. The third kappa shape index (κ3) is 49.2. The van der Waals surface area contributed by atoms with E-state index in [4.69, 9.17) is 9.05 Å². The SMILES string of the molecule is CCCCCCCCCCCCCC/C=C\CCCCCCCCCCCCCCCC(=O)NC(COP(=O)([O-])OCC[N+](C)(C)C)C(O)CCCCCCCCCCCCCCC. The van der Waals surface area contributed by atoms with Gasteiger partial charge in [-0.15, -0.1) is 0 Å². The van der Waals surface area contributed by atoms with Gasteiger partial charge in [-0.2, -0.15) is 0 Å². The van der Waals surface area contributed by atoms with Crippen LogP contribution in [0.15, 0.2) is 12.2 Å². The van der Waals surface area contributed by atoms with E-state index in [1.807, 2.05) is 21.1 Å². The second kappa shape index (κ2) is 47.3. The van der Waals surface area contributed by atoms with Gasteiger partial charge in [0.2, 0.25) is 5.91 Å². The van der Waals surface area contributed by atoms with Crippen molar-refractivity contribution in [2.45, 2.75) is 296 Å². The molecule has 0 saturated carbocycles. The zero-order chi connectivity index (χ0) is 47.1. The van der Waals surface area contributed by atoms with Gasteiger partial charge in [0.25, 0.3) is 7.82 Å².